The van der Waals surface area contributed by atoms with Gasteiger partial charge in [-0.1, -0.05) is 19.9 Å². The summed E-state index contributed by atoms with van der Waals surface area (Å²) in [6.45, 7) is 5.78. The van der Waals surface area contributed by atoms with Crippen LogP contribution < -0.4 is 15.0 Å². The molecular weight excluding hydrogens is 473 g/mol. The molecule has 1 fully saturated rings. The van der Waals surface area contributed by atoms with Crippen LogP contribution in [0.25, 0.3) is 10.8 Å². The van der Waals surface area contributed by atoms with Gasteiger partial charge in [0.25, 0.3) is 0 Å². The maximum atomic E-state index is 14.7. The molecule has 4 aromatic rings. The highest BCUT2D eigenvalue weighted by Gasteiger charge is 2.30. The largest absolute Gasteiger partial charge is 0.491 e. The van der Waals surface area contributed by atoms with E-state index in [1.54, 1.807) is 35.9 Å². The monoisotopic (exact) mass is 508 g/mol. The van der Waals surface area contributed by atoms with E-state index in [0.29, 0.717) is 37.3 Å². The summed E-state index contributed by atoms with van der Waals surface area (Å²) in [6.07, 6.45) is 6.55. The van der Waals surface area contributed by atoms with Gasteiger partial charge >= 0.3 is 0 Å². The quantitative estimate of drug-likeness (QED) is 0.347. The number of hydrogen-bond donors (Lipinski definition) is 1. The molecule has 10 heteroatoms. The molecule has 1 saturated heterocycles. The Morgan fingerprint density at radius 3 is 2.89 bits per heavy atom. The minimum atomic E-state index is -2.63. The fraction of sp³-hybridized carbons (Fsp3) is 0.407. The van der Waals surface area contributed by atoms with Crippen molar-refractivity contribution < 1.29 is 18.0 Å². The highest BCUT2D eigenvalue weighted by Crippen LogP contribution is 2.34. The first kappa shape index (κ1) is 21.3. The fourth-order valence-corrected chi connectivity index (χ4v) is 4.51. The summed E-state index contributed by atoms with van der Waals surface area (Å²) in [5.41, 5.74) is 1.17. The minimum absolute atomic E-state index is 0.0558. The molecule has 0 aliphatic carbocycles. The normalized spacial score (nSPS) is 19.5. The number of piperidine rings is 1. The van der Waals surface area contributed by atoms with Gasteiger partial charge in [-0.2, -0.15) is 4.98 Å². The van der Waals surface area contributed by atoms with Gasteiger partial charge in [0.2, 0.25) is 5.95 Å². The Morgan fingerprint density at radius 1 is 1.19 bits per heavy atom. The lowest BCUT2D eigenvalue weighted by atomic mass is 9.96. The van der Waals surface area contributed by atoms with E-state index in [1.807, 2.05) is 22.9 Å². The van der Waals surface area contributed by atoms with Crippen LogP contribution in [0.5, 0.6) is 5.75 Å². The van der Waals surface area contributed by atoms with E-state index < -0.39 is 19.3 Å². The number of nitrogens with zero attached hydrogens (tertiary/aromatic N) is 6. The number of benzene rings is 1. The smallest absolute Gasteiger partial charge is 0.227 e. The second kappa shape index (κ2) is 11.1. The number of pyridine rings is 1. The van der Waals surface area contributed by atoms with Crippen LogP contribution in [-0.2, 0) is 11.3 Å². The van der Waals surface area contributed by atoms with Crippen LogP contribution in [0.4, 0.5) is 22.0 Å². The average molecular weight is 509 g/mol. The molecule has 5 rings (SSSR count). The summed E-state index contributed by atoms with van der Waals surface area (Å²) >= 11 is 0. The zero-order valence-corrected chi connectivity index (χ0v) is 20.8. The Balaban J connectivity index is 1.32. The van der Waals surface area contributed by atoms with Gasteiger partial charge in [0, 0.05) is 43.8 Å². The minimum Gasteiger partial charge on any atom is -0.491 e. The fourth-order valence-electron chi connectivity index (χ4n) is 4.51. The Morgan fingerprint density at radius 2 is 2.11 bits per heavy atom. The Hall–Kier alpha value is -3.79. The van der Waals surface area contributed by atoms with Gasteiger partial charge in [-0.3, -0.25) is 0 Å². The van der Waals surface area contributed by atoms with E-state index in [4.69, 9.17) is 13.6 Å². The predicted octanol–water partition coefficient (Wildman–Crippen LogP) is 4.73. The highest BCUT2D eigenvalue weighted by molar-refractivity contribution is 5.92. The van der Waals surface area contributed by atoms with Crippen molar-refractivity contribution in [3.63, 3.8) is 0 Å². The standard InChI is InChI=1S/C27H32FN7O2/c1-18(2)19-4-5-23(37-13-12-34-11-9-29-17-34)21-15-31-26(14-20(19)21)32-25-6-8-30-27(33-25)35-10-7-24(36-3)22(28)16-35/h4-6,8-9,11,14-15,17-18,22,24H,7,10,12-13,16H2,1-3H3,(H,30,31,32,33)/t22-,24+/m0/s1/i3D3. The summed E-state index contributed by atoms with van der Waals surface area (Å²) in [5.74, 6) is 2.50. The number of alkyl halides is 1. The van der Waals surface area contributed by atoms with Crippen LogP contribution >= 0.6 is 0 Å². The number of anilines is 3. The molecule has 37 heavy (non-hydrogen) atoms. The Kier molecular flexibility index (Phi) is 6.38. The molecule has 1 aliphatic heterocycles. The molecule has 0 radical (unpaired) electrons. The lowest BCUT2D eigenvalue weighted by Gasteiger charge is -2.33. The van der Waals surface area contributed by atoms with Gasteiger partial charge in [0.1, 0.15) is 30.2 Å². The maximum Gasteiger partial charge on any atom is 0.227 e. The van der Waals surface area contributed by atoms with E-state index in [9.17, 15) is 4.39 Å². The van der Waals surface area contributed by atoms with Gasteiger partial charge in [-0.25, -0.2) is 19.3 Å². The van der Waals surface area contributed by atoms with Gasteiger partial charge in [0.15, 0.2) is 0 Å². The number of nitrogens with one attached hydrogen (secondary N) is 1. The first-order chi connectivity index (χ1) is 19.2. The van der Waals surface area contributed by atoms with Crippen LogP contribution in [-0.4, -0.2) is 63.5 Å². The summed E-state index contributed by atoms with van der Waals surface area (Å²) in [6, 6.07) is 7.76. The van der Waals surface area contributed by atoms with Crippen molar-refractivity contribution in [1.82, 2.24) is 24.5 Å². The number of halogens is 1. The third kappa shape index (κ3) is 5.64. The Bertz CT molecular complexity index is 1440. The molecule has 0 saturated carbocycles. The van der Waals surface area contributed by atoms with E-state index in [0.717, 1.165) is 16.5 Å². The van der Waals surface area contributed by atoms with Crippen molar-refractivity contribution in [3.05, 3.63) is 60.9 Å². The van der Waals surface area contributed by atoms with Crippen LogP contribution in [0, 0.1) is 0 Å². The van der Waals surface area contributed by atoms with E-state index in [1.165, 1.54) is 5.56 Å². The molecule has 1 aromatic carbocycles. The van der Waals surface area contributed by atoms with E-state index in [2.05, 4.69) is 45.2 Å². The second-order valence-corrected chi connectivity index (χ2v) is 9.35. The number of rotatable bonds is 9. The molecule has 9 nitrogen and oxygen atoms in total. The molecule has 0 amide bonds. The number of ether oxygens (including phenoxy) is 2. The van der Waals surface area contributed by atoms with Gasteiger partial charge in [-0.15, -0.1) is 0 Å². The molecule has 3 aromatic heterocycles. The zero-order chi connectivity index (χ0) is 28.3. The summed E-state index contributed by atoms with van der Waals surface area (Å²) in [4.78, 5) is 19.2. The van der Waals surface area contributed by atoms with Crippen molar-refractivity contribution >= 4 is 28.4 Å². The molecule has 0 bridgehead atoms. The second-order valence-electron chi connectivity index (χ2n) is 9.35. The SMILES string of the molecule is [2H]C([2H])([2H])O[C@@H]1CCN(c2nccc(Nc3cc4c(C(C)C)ccc(OCCn5ccnc5)c4cn3)n2)C[C@@H]1F. The van der Waals surface area contributed by atoms with E-state index >= 15 is 0 Å². The first-order valence-corrected chi connectivity index (χ1v) is 12.3. The topological polar surface area (TPSA) is 90.2 Å². The summed E-state index contributed by atoms with van der Waals surface area (Å²) in [5, 5.41) is 5.19. The summed E-state index contributed by atoms with van der Waals surface area (Å²) in [7, 11) is -2.63. The molecule has 0 spiro atoms. The molecular formula is C27H32FN7O2. The molecule has 2 atom stereocenters. The molecule has 1 N–H and O–H groups in total. The molecule has 194 valence electrons. The highest BCUT2D eigenvalue weighted by atomic mass is 19.1. The molecule has 4 heterocycles. The molecule has 0 unspecified atom stereocenters. The van der Waals surface area contributed by atoms with Crippen LogP contribution in [0.1, 0.15) is 35.9 Å². The lowest BCUT2D eigenvalue weighted by Crippen LogP contribution is -2.46. The number of methoxy groups -OCH3 is 1. The average Bonchev–Trinajstić information content (AvgIpc) is 3.43. The van der Waals surface area contributed by atoms with Crippen molar-refractivity contribution in [2.24, 2.45) is 0 Å². The van der Waals surface area contributed by atoms with Crippen molar-refractivity contribution in [3.8, 4) is 5.75 Å². The van der Waals surface area contributed by atoms with Crippen LogP contribution in [0.3, 0.4) is 0 Å². The van der Waals surface area contributed by atoms with Crippen LogP contribution in [0.2, 0.25) is 0 Å². The third-order valence-electron chi connectivity index (χ3n) is 6.50. The number of aromatic nitrogens is 5. The van der Waals surface area contributed by atoms with Crippen molar-refractivity contribution in [1.29, 1.82) is 0 Å². The van der Waals surface area contributed by atoms with Crippen LogP contribution in [0.15, 0.2) is 55.4 Å². The van der Waals surface area contributed by atoms with Gasteiger partial charge in [-0.05, 0) is 41.5 Å². The first-order valence-electron chi connectivity index (χ1n) is 13.8. The van der Waals surface area contributed by atoms with E-state index in [-0.39, 0.29) is 18.9 Å². The number of hydrogen-bond acceptors (Lipinski definition) is 8. The Labute approximate surface area is 219 Å². The maximum absolute atomic E-state index is 14.7. The van der Waals surface area contributed by atoms with Gasteiger partial charge < -0.3 is 24.3 Å². The lowest BCUT2D eigenvalue weighted by molar-refractivity contribution is 0.0194. The zero-order valence-electron chi connectivity index (χ0n) is 23.8. The third-order valence-corrected chi connectivity index (χ3v) is 6.50. The van der Waals surface area contributed by atoms with Crippen molar-refractivity contribution in [2.45, 2.75) is 45.0 Å². The number of imidazole rings is 1. The number of fused-ring (bicyclic) bond motifs is 1. The predicted molar refractivity (Wildman–Crippen MR) is 141 cm³/mol. The molecule has 1 aliphatic rings. The van der Waals surface area contributed by atoms with Crippen molar-refractivity contribution in [2.75, 3.05) is 37.0 Å². The van der Waals surface area contributed by atoms with Gasteiger partial charge in [0.05, 0.1) is 29.6 Å². The summed E-state index contributed by atoms with van der Waals surface area (Å²) < 4.78 is 49.4.